The van der Waals surface area contributed by atoms with E-state index in [4.69, 9.17) is 0 Å². The lowest BCUT2D eigenvalue weighted by Crippen LogP contribution is -1.99. The Kier molecular flexibility index (Phi) is 5.03. The number of hydrogen-bond donors (Lipinski definition) is 1. The summed E-state index contributed by atoms with van der Waals surface area (Å²) in [6.45, 7) is 2.10. The minimum absolute atomic E-state index is 0.566. The molecule has 1 atom stereocenters. The van der Waals surface area contributed by atoms with Gasteiger partial charge in [0.05, 0.1) is 22.2 Å². The first-order valence-corrected chi connectivity index (χ1v) is 9.20. The van der Waals surface area contributed by atoms with Crippen LogP contribution in [0.25, 0.3) is 22.5 Å². The molecule has 2 aromatic carbocycles. The molecule has 0 amide bonds. The van der Waals surface area contributed by atoms with Gasteiger partial charge in [0.1, 0.15) is 0 Å². The minimum atomic E-state index is -1.09. The van der Waals surface area contributed by atoms with Crippen LogP contribution < -0.4 is 0 Å². The molecule has 23 heavy (non-hydrogen) atoms. The van der Waals surface area contributed by atoms with E-state index in [1.54, 1.807) is 0 Å². The molecule has 3 nitrogen and oxygen atoms in total. The number of aromatic nitrogens is 2. The summed E-state index contributed by atoms with van der Waals surface area (Å²) in [4.78, 5) is 7.95. The summed E-state index contributed by atoms with van der Waals surface area (Å²) in [5.41, 5.74) is 3.87. The minimum Gasteiger partial charge on any atom is -0.330 e. The van der Waals surface area contributed by atoms with E-state index >= 15 is 0 Å². The topological polar surface area (TPSA) is 45.8 Å². The molecule has 118 valence electrons. The predicted molar refractivity (Wildman–Crippen MR) is 95.6 cm³/mol. The van der Waals surface area contributed by atoms with Crippen molar-refractivity contribution in [2.45, 2.75) is 24.9 Å². The van der Waals surface area contributed by atoms with Crippen LogP contribution in [0, 0.1) is 0 Å². The largest absolute Gasteiger partial charge is 0.330 e. The second-order valence-electron chi connectivity index (χ2n) is 5.40. The molecule has 1 aromatic heterocycles. The molecule has 1 heterocycles. The fourth-order valence-electron chi connectivity index (χ4n) is 2.45. The second-order valence-corrected chi connectivity index (χ2v) is 6.89. The van der Waals surface area contributed by atoms with E-state index in [2.05, 4.69) is 16.9 Å². The quantitative estimate of drug-likeness (QED) is 0.717. The van der Waals surface area contributed by atoms with Crippen LogP contribution in [0.5, 0.6) is 0 Å². The summed E-state index contributed by atoms with van der Waals surface area (Å²) in [6, 6.07) is 20.1. The zero-order chi connectivity index (χ0) is 16.1. The summed E-state index contributed by atoms with van der Waals surface area (Å²) in [5, 5.41) is 0.566. The van der Waals surface area contributed by atoms with E-state index < -0.39 is 10.8 Å². The van der Waals surface area contributed by atoms with E-state index in [9.17, 15) is 4.21 Å². The number of nitrogens with zero attached hydrogens (tertiary/aromatic N) is 1. The Balaban J connectivity index is 2.06. The van der Waals surface area contributed by atoms with Crippen LogP contribution in [0.1, 0.15) is 19.8 Å². The number of imidazole rings is 1. The SMILES string of the molecule is CCCCS(=O)c1nc(-c2ccccc2)c(-c2ccccc2)[nH]1. The molecule has 3 aromatic rings. The molecule has 0 fully saturated rings. The summed E-state index contributed by atoms with van der Waals surface area (Å²) >= 11 is 0. The number of unbranched alkanes of at least 4 members (excludes halogenated alkanes) is 1. The van der Waals surface area contributed by atoms with Crippen molar-refractivity contribution in [3.8, 4) is 22.5 Å². The van der Waals surface area contributed by atoms with Gasteiger partial charge in [-0.2, -0.15) is 0 Å². The molecular weight excluding hydrogens is 304 g/mol. The summed E-state index contributed by atoms with van der Waals surface area (Å²) in [6.07, 6.45) is 1.97. The number of H-pyrrole nitrogens is 1. The van der Waals surface area contributed by atoms with Crippen molar-refractivity contribution in [3.05, 3.63) is 60.7 Å². The van der Waals surface area contributed by atoms with Gasteiger partial charge in [-0.3, -0.25) is 4.21 Å². The van der Waals surface area contributed by atoms with Crippen LogP contribution in [-0.2, 0) is 10.8 Å². The smallest absolute Gasteiger partial charge is 0.197 e. The molecule has 4 heteroatoms. The first-order valence-electron chi connectivity index (χ1n) is 7.89. The van der Waals surface area contributed by atoms with Crippen molar-refractivity contribution in [1.82, 2.24) is 9.97 Å². The van der Waals surface area contributed by atoms with Crippen molar-refractivity contribution in [2.24, 2.45) is 0 Å². The number of aromatic amines is 1. The average molecular weight is 324 g/mol. The highest BCUT2D eigenvalue weighted by Gasteiger charge is 2.17. The van der Waals surface area contributed by atoms with Crippen molar-refractivity contribution < 1.29 is 4.21 Å². The highest BCUT2D eigenvalue weighted by Crippen LogP contribution is 2.30. The fraction of sp³-hybridized carbons (Fsp3) is 0.211. The summed E-state index contributed by atoms with van der Waals surface area (Å²) in [7, 11) is -1.09. The van der Waals surface area contributed by atoms with Crippen LogP contribution in [0.2, 0.25) is 0 Å². The molecular formula is C19H20N2OS. The molecule has 0 bridgehead atoms. The second kappa shape index (κ2) is 7.38. The first-order chi connectivity index (χ1) is 11.3. The standard InChI is InChI=1S/C19H20N2OS/c1-2-3-14-23(22)19-20-17(15-10-6-4-7-11-15)18(21-19)16-12-8-5-9-13-16/h4-13H,2-3,14H2,1H3,(H,20,21). The van der Waals surface area contributed by atoms with Crippen molar-refractivity contribution in [3.63, 3.8) is 0 Å². The van der Waals surface area contributed by atoms with Crippen molar-refractivity contribution in [1.29, 1.82) is 0 Å². The number of benzene rings is 2. The predicted octanol–water partition coefficient (Wildman–Crippen LogP) is 4.65. The third-order valence-electron chi connectivity index (χ3n) is 3.69. The van der Waals surface area contributed by atoms with Gasteiger partial charge >= 0.3 is 0 Å². The highest BCUT2D eigenvalue weighted by molar-refractivity contribution is 7.84. The fourth-order valence-corrected chi connectivity index (χ4v) is 3.60. The first kappa shape index (κ1) is 15.7. The summed E-state index contributed by atoms with van der Waals surface area (Å²) < 4.78 is 12.4. The van der Waals surface area contributed by atoms with Gasteiger partial charge in [0.15, 0.2) is 5.16 Å². The van der Waals surface area contributed by atoms with E-state index in [0.717, 1.165) is 35.4 Å². The van der Waals surface area contributed by atoms with Crippen molar-refractivity contribution >= 4 is 10.8 Å². The van der Waals surface area contributed by atoms with Gasteiger partial charge in [0.25, 0.3) is 0 Å². The van der Waals surface area contributed by atoms with Gasteiger partial charge < -0.3 is 4.98 Å². The maximum atomic E-state index is 12.4. The number of nitrogens with one attached hydrogen (secondary N) is 1. The molecule has 1 N–H and O–H groups in total. The normalized spacial score (nSPS) is 12.2. The molecule has 0 aliphatic rings. The zero-order valence-electron chi connectivity index (χ0n) is 13.2. The van der Waals surface area contributed by atoms with Crippen LogP contribution >= 0.6 is 0 Å². The Morgan fingerprint density at radius 1 is 0.957 bits per heavy atom. The monoisotopic (exact) mass is 324 g/mol. The Morgan fingerprint density at radius 2 is 1.57 bits per heavy atom. The van der Waals surface area contributed by atoms with Gasteiger partial charge in [-0.25, -0.2) is 4.98 Å². The van der Waals surface area contributed by atoms with E-state index in [-0.39, 0.29) is 0 Å². The Labute approximate surface area is 139 Å². The Bertz CT molecular complexity index is 725. The zero-order valence-corrected chi connectivity index (χ0v) is 14.0. The maximum Gasteiger partial charge on any atom is 0.197 e. The van der Waals surface area contributed by atoms with Gasteiger partial charge in [0, 0.05) is 16.9 Å². The van der Waals surface area contributed by atoms with E-state index in [1.165, 1.54) is 0 Å². The number of rotatable bonds is 6. The Morgan fingerprint density at radius 3 is 2.17 bits per heavy atom. The molecule has 0 saturated heterocycles. The molecule has 0 aliphatic carbocycles. The molecule has 0 saturated carbocycles. The van der Waals surface area contributed by atoms with Crippen molar-refractivity contribution in [2.75, 3.05) is 5.75 Å². The van der Waals surface area contributed by atoms with E-state index in [1.807, 2.05) is 60.7 Å². The Hall–Kier alpha value is -2.20. The number of hydrogen-bond acceptors (Lipinski definition) is 2. The van der Waals surface area contributed by atoms with Gasteiger partial charge in [0.2, 0.25) is 0 Å². The molecule has 0 spiro atoms. The molecule has 1 unspecified atom stereocenters. The van der Waals surface area contributed by atoms with Gasteiger partial charge in [-0.15, -0.1) is 0 Å². The van der Waals surface area contributed by atoms with Crippen LogP contribution in [0.3, 0.4) is 0 Å². The average Bonchev–Trinajstić information content (AvgIpc) is 3.06. The van der Waals surface area contributed by atoms with E-state index in [0.29, 0.717) is 10.9 Å². The summed E-state index contributed by atoms with van der Waals surface area (Å²) in [5.74, 6) is 0.645. The van der Waals surface area contributed by atoms with Crippen LogP contribution in [-0.4, -0.2) is 19.9 Å². The lowest BCUT2D eigenvalue weighted by Gasteiger charge is -2.02. The molecule has 0 radical (unpaired) electrons. The highest BCUT2D eigenvalue weighted by atomic mass is 32.2. The third-order valence-corrected chi connectivity index (χ3v) is 4.97. The third kappa shape index (κ3) is 3.59. The molecule has 0 aliphatic heterocycles. The molecule has 3 rings (SSSR count). The lowest BCUT2D eigenvalue weighted by molar-refractivity contribution is 0.674. The lowest BCUT2D eigenvalue weighted by atomic mass is 10.1. The van der Waals surface area contributed by atoms with Gasteiger partial charge in [-0.1, -0.05) is 74.0 Å². The van der Waals surface area contributed by atoms with Crippen LogP contribution in [0.15, 0.2) is 65.8 Å². The maximum absolute atomic E-state index is 12.4. The van der Waals surface area contributed by atoms with Gasteiger partial charge in [-0.05, 0) is 6.42 Å². The van der Waals surface area contributed by atoms with Crippen LogP contribution in [0.4, 0.5) is 0 Å².